The number of nitrogens with zero attached hydrogens (tertiary/aromatic N) is 2. The Hall–Kier alpha value is -3.43. The lowest BCUT2D eigenvalue weighted by molar-refractivity contribution is -0.200. The lowest BCUT2D eigenvalue weighted by Crippen LogP contribution is -2.47. The number of alkyl carbamates (subject to hydrolysis) is 1. The Morgan fingerprint density at radius 3 is 2.45 bits per heavy atom. The van der Waals surface area contributed by atoms with Crippen molar-refractivity contribution < 1.29 is 33.5 Å². The van der Waals surface area contributed by atoms with Crippen LogP contribution in [0, 0.1) is 0 Å². The van der Waals surface area contributed by atoms with Crippen LogP contribution in [0.4, 0.5) is 4.79 Å². The van der Waals surface area contributed by atoms with Crippen molar-refractivity contribution in [2.45, 2.75) is 38.3 Å². The molecule has 0 aromatic heterocycles. The summed E-state index contributed by atoms with van der Waals surface area (Å²) in [5, 5.41) is 2.81. The zero-order valence-corrected chi connectivity index (χ0v) is 15.7. The number of hydrogen-bond donors (Lipinski definition) is 1. The minimum atomic E-state index is -0.911. The first kappa shape index (κ1) is 20.3. The summed E-state index contributed by atoms with van der Waals surface area (Å²) in [5.74, 6) is -2.49. The van der Waals surface area contributed by atoms with Crippen molar-refractivity contribution in [3.8, 4) is 0 Å². The quantitative estimate of drug-likeness (QED) is 0.687. The van der Waals surface area contributed by atoms with Crippen molar-refractivity contribution in [2.24, 2.45) is 0 Å². The number of imide groups is 1. The van der Waals surface area contributed by atoms with Crippen LogP contribution in [0.15, 0.2) is 30.3 Å². The SMILES string of the molecule is O=C(NCC(=O)N1CCCC1C(=O)ON1C(=O)CCC1=O)OCc1ccccc1. The maximum absolute atomic E-state index is 12.4. The van der Waals surface area contributed by atoms with E-state index in [0.717, 1.165) is 5.56 Å². The second-order valence-electron chi connectivity index (χ2n) is 6.65. The molecule has 2 heterocycles. The van der Waals surface area contributed by atoms with Crippen molar-refractivity contribution in [1.29, 1.82) is 0 Å². The van der Waals surface area contributed by atoms with Gasteiger partial charge in [0.15, 0.2) is 0 Å². The van der Waals surface area contributed by atoms with E-state index < -0.39 is 35.8 Å². The number of carbonyl (C=O) groups excluding carboxylic acids is 5. The Morgan fingerprint density at radius 2 is 1.76 bits per heavy atom. The van der Waals surface area contributed by atoms with E-state index in [1.807, 2.05) is 18.2 Å². The van der Waals surface area contributed by atoms with E-state index in [-0.39, 0.29) is 26.0 Å². The van der Waals surface area contributed by atoms with Gasteiger partial charge in [-0.2, -0.15) is 0 Å². The first-order valence-corrected chi connectivity index (χ1v) is 9.27. The number of rotatable bonds is 6. The van der Waals surface area contributed by atoms with Gasteiger partial charge in [0, 0.05) is 19.4 Å². The predicted molar refractivity (Wildman–Crippen MR) is 96.5 cm³/mol. The van der Waals surface area contributed by atoms with E-state index >= 15 is 0 Å². The summed E-state index contributed by atoms with van der Waals surface area (Å²) >= 11 is 0. The van der Waals surface area contributed by atoms with Gasteiger partial charge in [0.05, 0.1) is 0 Å². The van der Waals surface area contributed by atoms with Gasteiger partial charge in [-0.05, 0) is 18.4 Å². The van der Waals surface area contributed by atoms with Crippen LogP contribution in [0.5, 0.6) is 0 Å². The Bertz CT molecular complexity index is 795. The molecule has 2 fully saturated rings. The van der Waals surface area contributed by atoms with Gasteiger partial charge in [0.1, 0.15) is 19.2 Å². The van der Waals surface area contributed by atoms with Crippen LogP contribution >= 0.6 is 0 Å². The van der Waals surface area contributed by atoms with Gasteiger partial charge in [0.25, 0.3) is 11.8 Å². The first-order chi connectivity index (χ1) is 14.0. The number of benzene rings is 1. The monoisotopic (exact) mass is 403 g/mol. The molecule has 1 aromatic carbocycles. The number of amides is 4. The molecule has 154 valence electrons. The van der Waals surface area contributed by atoms with Crippen molar-refractivity contribution in [3.05, 3.63) is 35.9 Å². The van der Waals surface area contributed by atoms with Crippen molar-refractivity contribution in [3.63, 3.8) is 0 Å². The third kappa shape index (κ3) is 5.09. The van der Waals surface area contributed by atoms with E-state index in [0.29, 0.717) is 24.4 Å². The highest BCUT2D eigenvalue weighted by atomic mass is 16.7. The lowest BCUT2D eigenvalue weighted by atomic mass is 10.2. The molecular formula is C19H21N3O7. The summed E-state index contributed by atoms with van der Waals surface area (Å²) in [5.41, 5.74) is 0.808. The van der Waals surface area contributed by atoms with Crippen molar-refractivity contribution in [1.82, 2.24) is 15.3 Å². The number of likely N-dealkylation sites (tertiary alicyclic amines) is 1. The van der Waals surface area contributed by atoms with Crippen LogP contribution in [0.25, 0.3) is 0 Å². The van der Waals surface area contributed by atoms with Crippen molar-refractivity contribution in [2.75, 3.05) is 13.1 Å². The highest BCUT2D eigenvalue weighted by Crippen LogP contribution is 2.21. The van der Waals surface area contributed by atoms with Gasteiger partial charge in [-0.3, -0.25) is 14.4 Å². The number of ether oxygens (including phenoxy) is 1. The maximum Gasteiger partial charge on any atom is 0.407 e. The van der Waals surface area contributed by atoms with E-state index in [2.05, 4.69) is 5.32 Å². The number of carbonyl (C=O) groups is 5. The summed E-state index contributed by atoms with van der Waals surface area (Å²) in [6.45, 7) is 0.0254. The molecule has 0 spiro atoms. The Morgan fingerprint density at radius 1 is 1.07 bits per heavy atom. The molecule has 0 saturated carbocycles. The molecule has 0 bridgehead atoms. The highest BCUT2D eigenvalue weighted by Gasteiger charge is 2.39. The molecule has 1 atom stereocenters. The van der Waals surface area contributed by atoms with E-state index in [1.165, 1.54) is 4.90 Å². The summed E-state index contributed by atoms with van der Waals surface area (Å²) in [6.07, 6.45) is 0.141. The average molecular weight is 403 g/mol. The van der Waals surface area contributed by atoms with Crippen LogP contribution in [0.2, 0.25) is 0 Å². The third-order valence-corrected chi connectivity index (χ3v) is 4.63. The highest BCUT2D eigenvalue weighted by molar-refractivity contribution is 6.02. The number of hydrogen-bond acceptors (Lipinski definition) is 7. The molecule has 4 amide bonds. The van der Waals surface area contributed by atoms with E-state index in [1.54, 1.807) is 12.1 Å². The summed E-state index contributed by atoms with van der Waals surface area (Å²) in [6, 6.07) is 8.16. The third-order valence-electron chi connectivity index (χ3n) is 4.63. The fourth-order valence-corrected chi connectivity index (χ4v) is 3.14. The molecule has 1 aromatic rings. The van der Waals surface area contributed by atoms with Gasteiger partial charge in [-0.15, -0.1) is 5.06 Å². The maximum atomic E-state index is 12.4. The van der Waals surface area contributed by atoms with Crippen LogP contribution in [0.1, 0.15) is 31.2 Å². The molecule has 2 aliphatic heterocycles. The molecule has 3 rings (SSSR count). The van der Waals surface area contributed by atoms with Crippen LogP contribution in [0.3, 0.4) is 0 Å². The largest absolute Gasteiger partial charge is 0.445 e. The smallest absolute Gasteiger partial charge is 0.407 e. The summed E-state index contributed by atoms with van der Waals surface area (Å²) < 4.78 is 5.03. The van der Waals surface area contributed by atoms with Gasteiger partial charge < -0.3 is 19.8 Å². The van der Waals surface area contributed by atoms with Crippen molar-refractivity contribution >= 4 is 29.8 Å². The predicted octanol–water partition coefficient (Wildman–Crippen LogP) is 0.511. The lowest BCUT2D eigenvalue weighted by Gasteiger charge is -2.24. The molecule has 2 saturated heterocycles. The zero-order valence-electron chi connectivity index (χ0n) is 15.7. The minimum Gasteiger partial charge on any atom is -0.445 e. The van der Waals surface area contributed by atoms with Crippen LogP contribution in [-0.2, 0) is 35.4 Å². The van der Waals surface area contributed by atoms with Crippen LogP contribution < -0.4 is 5.32 Å². The number of nitrogens with one attached hydrogen (secondary N) is 1. The molecule has 1 unspecified atom stereocenters. The zero-order chi connectivity index (χ0) is 20.8. The fourth-order valence-electron chi connectivity index (χ4n) is 3.14. The van der Waals surface area contributed by atoms with Gasteiger partial charge in [0.2, 0.25) is 5.91 Å². The molecule has 2 aliphatic rings. The van der Waals surface area contributed by atoms with Gasteiger partial charge in [-0.1, -0.05) is 30.3 Å². The Balaban J connectivity index is 1.46. The van der Waals surface area contributed by atoms with Crippen LogP contribution in [-0.4, -0.2) is 58.9 Å². The second kappa shape index (κ2) is 9.18. The number of hydroxylamine groups is 2. The molecule has 29 heavy (non-hydrogen) atoms. The first-order valence-electron chi connectivity index (χ1n) is 9.27. The molecule has 10 nitrogen and oxygen atoms in total. The molecular weight excluding hydrogens is 382 g/mol. The topological polar surface area (TPSA) is 122 Å². The fraction of sp³-hybridized carbons (Fsp3) is 0.421. The standard InChI is InChI=1S/C19H21N3O7/c23-15-8-9-16(24)22(15)29-18(26)14-7-4-10-21(14)17(25)11-20-19(27)28-12-13-5-2-1-3-6-13/h1-3,5-6,14H,4,7-12H2,(H,20,27). The Labute approximate surface area is 166 Å². The van der Waals surface area contributed by atoms with Gasteiger partial charge >= 0.3 is 12.1 Å². The normalized spacial score (nSPS) is 18.7. The molecule has 10 heteroatoms. The van der Waals surface area contributed by atoms with E-state index in [4.69, 9.17) is 9.57 Å². The Kier molecular flexibility index (Phi) is 6.43. The molecule has 0 aliphatic carbocycles. The van der Waals surface area contributed by atoms with Gasteiger partial charge in [-0.25, -0.2) is 9.59 Å². The minimum absolute atomic E-state index is 0.00552. The molecule has 0 radical (unpaired) electrons. The molecule has 1 N–H and O–H groups in total. The summed E-state index contributed by atoms with van der Waals surface area (Å²) in [4.78, 5) is 65.8. The van der Waals surface area contributed by atoms with E-state index in [9.17, 15) is 24.0 Å². The second-order valence-corrected chi connectivity index (χ2v) is 6.65. The summed E-state index contributed by atoms with van der Waals surface area (Å²) in [7, 11) is 0. The average Bonchev–Trinajstić information content (AvgIpc) is 3.34.